The second kappa shape index (κ2) is 6.60. The lowest BCUT2D eigenvalue weighted by Crippen LogP contribution is -1.99. The average molecular weight is 380 g/mol. The molecule has 1 heterocycles. The molecule has 0 saturated carbocycles. The number of hydrogen-bond donors (Lipinski definition) is 1. The molecule has 0 fully saturated rings. The number of halogens is 2. The molecule has 21 heavy (non-hydrogen) atoms. The second-order valence-corrected chi connectivity index (χ2v) is 6.68. The molecular weight excluding hydrogens is 368 g/mol. The molecule has 0 saturated heterocycles. The quantitative estimate of drug-likeness (QED) is 0.616. The van der Waals surface area contributed by atoms with Gasteiger partial charge in [0.1, 0.15) is 5.01 Å². The van der Waals surface area contributed by atoms with Crippen molar-refractivity contribution in [2.24, 2.45) is 0 Å². The van der Waals surface area contributed by atoms with Crippen LogP contribution in [-0.4, -0.2) is 4.98 Å². The standard InChI is InChI=1S/C16H12BrClN2S/c17-14-5-4-11(8-15(14)18)10-20-13-3-1-2-12(9-13)16-19-6-7-21-16/h1-9,20H,10H2. The Balaban J connectivity index is 1.73. The average Bonchev–Trinajstić information content (AvgIpc) is 3.03. The zero-order valence-electron chi connectivity index (χ0n) is 11.0. The highest BCUT2D eigenvalue weighted by Crippen LogP contribution is 2.26. The lowest BCUT2D eigenvalue weighted by molar-refractivity contribution is 1.15. The lowest BCUT2D eigenvalue weighted by Gasteiger charge is -2.08. The van der Waals surface area contributed by atoms with Gasteiger partial charge in [0.15, 0.2) is 0 Å². The molecular formula is C16H12BrClN2S. The number of nitrogens with one attached hydrogen (secondary N) is 1. The van der Waals surface area contributed by atoms with Crippen LogP contribution in [-0.2, 0) is 6.54 Å². The van der Waals surface area contributed by atoms with Crippen LogP contribution in [0.15, 0.2) is 58.5 Å². The summed E-state index contributed by atoms with van der Waals surface area (Å²) in [7, 11) is 0. The molecule has 0 unspecified atom stereocenters. The summed E-state index contributed by atoms with van der Waals surface area (Å²) in [5.74, 6) is 0. The molecule has 1 N–H and O–H groups in total. The third kappa shape index (κ3) is 3.64. The predicted octanol–water partition coefficient (Wildman–Crippen LogP) is 5.84. The molecule has 1 aromatic heterocycles. The largest absolute Gasteiger partial charge is 0.381 e. The van der Waals surface area contributed by atoms with Crippen LogP contribution in [0, 0.1) is 0 Å². The molecule has 0 atom stereocenters. The van der Waals surface area contributed by atoms with Gasteiger partial charge in [-0.2, -0.15) is 0 Å². The Bertz CT molecular complexity index is 744. The molecule has 2 nitrogen and oxygen atoms in total. The Kier molecular flexibility index (Phi) is 4.58. The van der Waals surface area contributed by atoms with Gasteiger partial charge in [0.05, 0.1) is 5.02 Å². The Morgan fingerprint density at radius 3 is 2.86 bits per heavy atom. The molecule has 106 valence electrons. The lowest BCUT2D eigenvalue weighted by atomic mass is 10.2. The van der Waals surface area contributed by atoms with Gasteiger partial charge in [-0.3, -0.25) is 0 Å². The number of benzene rings is 2. The molecule has 0 spiro atoms. The van der Waals surface area contributed by atoms with E-state index in [4.69, 9.17) is 11.6 Å². The molecule has 5 heteroatoms. The first-order valence-corrected chi connectivity index (χ1v) is 8.45. The van der Waals surface area contributed by atoms with Crippen molar-refractivity contribution in [1.82, 2.24) is 4.98 Å². The fourth-order valence-corrected chi connectivity index (χ4v) is 3.07. The maximum Gasteiger partial charge on any atom is 0.123 e. The van der Waals surface area contributed by atoms with E-state index in [0.29, 0.717) is 0 Å². The number of aromatic nitrogens is 1. The Labute approximate surface area is 140 Å². The molecule has 0 aliphatic carbocycles. The first kappa shape index (κ1) is 14.6. The van der Waals surface area contributed by atoms with Crippen LogP contribution in [0.25, 0.3) is 10.6 Å². The van der Waals surface area contributed by atoms with E-state index in [1.54, 1.807) is 11.3 Å². The van der Waals surface area contributed by atoms with Gasteiger partial charge in [-0.05, 0) is 45.8 Å². The Morgan fingerprint density at radius 1 is 1.19 bits per heavy atom. The number of hydrogen-bond acceptors (Lipinski definition) is 3. The first-order valence-electron chi connectivity index (χ1n) is 6.40. The smallest absolute Gasteiger partial charge is 0.123 e. The molecule has 0 aliphatic rings. The van der Waals surface area contributed by atoms with Crippen molar-refractivity contribution in [2.45, 2.75) is 6.54 Å². The van der Waals surface area contributed by atoms with E-state index in [-0.39, 0.29) is 0 Å². The van der Waals surface area contributed by atoms with E-state index < -0.39 is 0 Å². The SMILES string of the molecule is Clc1cc(CNc2cccc(-c3nccs3)c2)ccc1Br. The van der Waals surface area contributed by atoms with Crippen molar-refractivity contribution in [3.63, 3.8) is 0 Å². The zero-order valence-corrected chi connectivity index (χ0v) is 14.2. The van der Waals surface area contributed by atoms with Crippen LogP contribution in [0.3, 0.4) is 0 Å². The van der Waals surface area contributed by atoms with Crippen molar-refractivity contribution >= 4 is 44.6 Å². The number of nitrogens with zero attached hydrogens (tertiary/aromatic N) is 1. The van der Waals surface area contributed by atoms with Crippen molar-refractivity contribution in [3.8, 4) is 10.6 Å². The minimum absolute atomic E-state index is 0.728. The summed E-state index contributed by atoms with van der Waals surface area (Å²) in [6, 6.07) is 14.2. The molecule has 3 rings (SSSR count). The van der Waals surface area contributed by atoms with Crippen molar-refractivity contribution in [3.05, 3.63) is 69.1 Å². The topological polar surface area (TPSA) is 24.9 Å². The van der Waals surface area contributed by atoms with Crippen LogP contribution >= 0.6 is 38.9 Å². The van der Waals surface area contributed by atoms with E-state index in [1.807, 2.05) is 35.8 Å². The van der Waals surface area contributed by atoms with Crippen LogP contribution < -0.4 is 5.32 Å². The van der Waals surface area contributed by atoms with Gasteiger partial charge in [0.25, 0.3) is 0 Å². The highest BCUT2D eigenvalue weighted by molar-refractivity contribution is 9.10. The maximum absolute atomic E-state index is 6.11. The van der Waals surface area contributed by atoms with Gasteiger partial charge in [0, 0.05) is 33.8 Å². The third-order valence-electron chi connectivity index (χ3n) is 3.02. The van der Waals surface area contributed by atoms with Crippen molar-refractivity contribution in [1.29, 1.82) is 0 Å². The number of anilines is 1. The fraction of sp³-hybridized carbons (Fsp3) is 0.0625. The van der Waals surface area contributed by atoms with Gasteiger partial charge in [-0.15, -0.1) is 11.3 Å². The summed E-state index contributed by atoms with van der Waals surface area (Å²) in [6.07, 6.45) is 1.82. The second-order valence-electron chi connectivity index (χ2n) is 4.52. The summed E-state index contributed by atoms with van der Waals surface area (Å²) in [6.45, 7) is 0.730. The molecule has 0 amide bonds. The number of thiazole rings is 1. The first-order chi connectivity index (χ1) is 10.2. The van der Waals surface area contributed by atoms with E-state index >= 15 is 0 Å². The highest BCUT2D eigenvalue weighted by Gasteiger charge is 2.02. The summed E-state index contributed by atoms with van der Waals surface area (Å²) < 4.78 is 0.915. The Morgan fingerprint density at radius 2 is 2.10 bits per heavy atom. The highest BCUT2D eigenvalue weighted by atomic mass is 79.9. The van der Waals surface area contributed by atoms with Gasteiger partial charge in [-0.1, -0.05) is 29.8 Å². The normalized spacial score (nSPS) is 10.6. The van der Waals surface area contributed by atoms with Gasteiger partial charge in [-0.25, -0.2) is 4.98 Å². The van der Waals surface area contributed by atoms with Gasteiger partial charge in [0.2, 0.25) is 0 Å². The zero-order chi connectivity index (χ0) is 14.7. The van der Waals surface area contributed by atoms with Crippen molar-refractivity contribution < 1.29 is 0 Å². The summed E-state index contributed by atoms with van der Waals surface area (Å²) in [5, 5.41) is 7.16. The van der Waals surface area contributed by atoms with E-state index in [2.05, 4.69) is 44.4 Å². The molecule has 3 aromatic rings. The number of rotatable bonds is 4. The predicted molar refractivity (Wildman–Crippen MR) is 94.0 cm³/mol. The van der Waals surface area contributed by atoms with E-state index in [0.717, 1.165) is 37.9 Å². The van der Waals surface area contributed by atoms with Crippen LogP contribution in [0.1, 0.15) is 5.56 Å². The summed E-state index contributed by atoms with van der Waals surface area (Å²) in [4.78, 5) is 4.34. The maximum atomic E-state index is 6.11. The van der Waals surface area contributed by atoms with E-state index in [1.165, 1.54) is 0 Å². The molecule has 0 bridgehead atoms. The summed E-state index contributed by atoms with van der Waals surface area (Å²) in [5.41, 5.74) is 3.34. The Hall–Kier alpha value is -1.36. The minimum atomic E-state index is 0.728. The minimum Gasteiger partial charge on any atom is -0.381 e. The van der Waals surface area contributed by atoms with Gasteiger partial charge < -0.3 is 5.32 Å². The van der Waals surface area contributed by atoms with Crippen molar-refractivity contribution in [2.75, 3.05) is 5.32 Å². The third-order valence-corrected chi connectivity index (χ3v) is 5.08. The van der Waals surface area contributed by atoms with Crippen LogP contribution in [0.5, 0.6) is 0 Å². The van der Waals surface area contributed by atoms with Gasteiger partial charge >= 0.3 is 0 Å². The monoisotopic (exact) mass is 378 g/mol. The molecule has 2 aromatic carbocycles. The summed E-state index contributed by atoms with van der Waals surface area (Å²) >= 11 is 11.1. The molecule has 0 radical (unpaired) electrons. The molecule has 0 aliphatic heterocycles. The van der Waals surface area contributed by atoms with Crippen LogP contribution in [0.2, 0.25) is 5.02 Å². The van der Waals surface area contributed by atoms with E-state index in [9.17, 15) is 0 Å². The fourth-order valence-electron chi connectivity index (χ4n) is 1.98. The van der Waals surface area contributed by atoms with Crippen LogP contribution in [0.4, 0.5) is 5.69 Å².